The van der Waals surface area contributed by atoms with Gasteiger partial charge < -0.3 is 4.90 Å². The number of anilines is 3. The summed E-state index contributed by atoms with van der Waals surface area (Å²) in [7, 11) is 0. The van der Waals surface area contributed by atoms with E-state index in [2.05, 4.69) is 241 Å². The van der Waals surface area contributed by atoms with Gasteiger partial charge in [0.25, 0.3) is 0 Å². The van der Waals surface area contributed by atoms with Crippen molar-refractivity contribution in [2.24, 2.45) is 0 Å². The van der Waals surface area contributed by atoms with Crippen molar-refractivity contribution in [2.75, 3.05) is 4.90 Å². The summed E-state index contributed by atoms with van der Waals surface area (Å²) in [5.74, 6) is 0. The second kappa shape index (κ2) is 13.4. The third-order valence-corrected chi connectivity index (χ3v) is 14.4. The fourth-order valence-electron chi connectivity index (χ4n) is 11.5. The van der Waals surface area contributed by atoms with E-state index in [4.69, 9.17) is 0 Å². The molecule has 0 fully saturated rings. The summed E-state index contributed by atoms with van der Waals surface area (Å²) in [6.45, 7) is 0. The molecule has 64 heavy (non-hydrogen) atoms. The van der Waals surface area contributed by atoms with Crippen LogP contribution >= 0.6 is 0 Å². The van der Waals surface area contributed by atoms with Gasteiger partial charge in [-0.05, 0) is 166 Å². The Bertz CT molecular complexity index is 3650. The predicted molar refractivity (Wildman–Crippen MR) is 268 cm³/mol. The Morgan fingerprint density at radius 3 is 1.38 bits per heavy atom. The Hall–Kier alpha value is -8.26. The Kier molecular flexibility index (Phi) is 7.38. The molecule has 0 saturated heterocycles. The standard InChI is InChI=1S/C63H39N/c1-3-14-40(15-4-1)42-28-30-47(31-29-42)64(48-32-33-52-51-21-9-12-24-60(51)63(61(52)38-48)58-22-10-7-19-49(58)50-20-8-11-23-59(50)63)62-25-13-18-45-36-55-56-37-46-34-43(41-16-5-2-6-17-41)26-27-44(46)35-54(56)57(55)39-53(45)62/h1-39H. The molecular formula is C63H39N. The molecule has 11 aromatic carbocycles. The maximum atomic E-state index is 2.50. The lowest BCUT2D eigenvalue weighted by atomic mass is 9.70. The molecule has 11 aromatic rings. The van der Waals surface area contributed by atoms with Crippen LogP contribution < -0.4 is 4.90 Å². The van der Waals surface area contributed by atoms with E-state index in [1.807, 2.05) is 0 Å². The maximum Gasteiger partial charge on any atom is 0.0726 e. The van der Waals surface area contributed by atoms with Crippen LogP contribution in [0.1, 0.15) is 22.3 Å². The van der Waals surface area contributed by atoms with Gasteiger partial charge in [0.15, 0.2) is 0 Å². The molecule has 0 heterocycles. The van der Waals surface area contributed by atoms with Crippen molar-refractivity contribution >= 4 is 38.6 Å². The molecule has 3 aliphatic rings. The molecule has 1 heteroatoms. The molecule has 0 amide bonds. The fourth-order valence-corrected chi connectivity index (χ4v) is 11.5. The number of fused-ring (bicyclic) bond motifs is 16. The molecule has 1 nitrogen and oxygen atoms in total. The quantitative estimate of drug-likeness (QED) is 0.167. The van der Waals surface area contributed by atoms with Crippen molar-refractivity contribution in [3.05, 3.63) is 259 Å². The highest BCUT2D eigenvalue weighted by Crippen LogP contribution is 2.63. The molecule has 0 bridgehead atoms. The molecule has 0 saturated carbocycles. The van der Waals surface area contributed by atoms with E-state index >= 15 is 0 Å². The van der Waals surface area contributed by atoms with E-state index < -0.39 is 5.41 Å². The number of nitrogens with zero attached hydrogens (tertiary/aromatic N) is 1. The van der Waals surface area contributed by atoms with Gasteiger partial charge in [-0.1, -0.05) is 176 Å². The summed E-state index contributed by atoms with van der Waals surface area (Å²) in [5, 5.41) is 5.00. The highest BCUT2D eigenvalue weighted by molar-refractivity contribution is 6.14. The molecule has 14 rings (SSSR count). The first-order valence-electron chi connectivity index (χ1n) is 22.3. The lowest BCUT2D eigenvalue weighted by Crippen LogP contribution is -2.26. The summed E-state index contributed by atoms with van der Waals surface area (Å²) in [5.41, 5.74) is 23.8. The van der Waals surface area contributed by atoms with Gasteiger partial charge in [0.2, 0.25) is 0 Å². The molecule has 0 atom stereocenters. The van der Waals surface area contributed by atoms with Gasteiger partial charge in [0.05, 0.1) is 11.1 Å². The van der Waals surface area contributed by atoms with Gasteiger partial charge in [-0.15, -0.1) is 0 Å². The van der Waals surface area contributed by atoms with Crippen molar-refractivity contribution in [1.82, 2.24) is 0 Å². The predicted octanol–water partition coefficient (Wildman–Crippen LogP) is 16.8. The first-order chi connectivity index (χ1) is 31.7. The Labute approximate surface area is 372 Å². The van der Waals surface area contributed by atoms with Crippen LogP contribution in [0.4, 0.5) is 17.1 Å². The zero-order chi connectivity index (χ0) is 41.9. The number of hydrogen-bond acceptors (Lipinski definition) is 1. The number of benzene rings is 11. The SMILES string of the molecule is c1ccc(-c2ccc(N(c3ccc4c(c3)C3(c5ccccc5-c5ccccc53)c3ccccc3-4)c3cccc4cc5c(cc34)-c3cc4ccc(-c6ccccc6)cc4cc3-5)cc2)cc1. The van der Waals surface area contributed by atoms with Gasteiger partial charge in [-0.25, -0.2) is 0 Å². The second-order valence-electron chi connectivity index (χ2n) is 17.6. The lowest BCUT2D eigenvalue weighted by Gasteiger charge is -2.33. The van der Waals surface area contributed by atoms with Crippen molar-refractivity contribution in [3.8, 4) is 66.8 Å². The van der Waals surface area contributed by atoms with Crippen LogP contribution in [0.15, 0.2) is 237 Å². The Morgan fingerprint density at radius 2 is 0.734 bits per heavy atom. The monoisotopic (exact) mass is 809 g/mol. The molecule has 0 aromatic heterocycles. The third kappa shape index (κ3) is 4.90. The van der Waals surface area contributed by atoms with Crippen molar-refractivity contribution in [3.63, 3.8) is 0 Å². The molecule has 0 N–H and O–H groups in total. The molecule has 0 radical (unpaired) electrons. The second-order valence-corrected chi connectivity index (χ2v) is 17.6. The average Bonchev–Trinajstić information content (AvgIpc) is 3.83. The topological polar surface area (TPSA) is 3.24 Å². The summed E-state index contributed by atoms with van der Waals surface area (Å²) < 4.78 is 0. The first-order valence-corrected chi connectivity index (χ1v) is 22.3. The number of rotatable bonds is 5. The van der Waals surface area contributed by atoms with E-state index in [9.17, 15) is 0 Å². The van der Waals surface area contributed by atoms with Gasteiger partial charge in [-0.2, -0.15) is 0 Å². The van der Waals surface area contributed by atoms with Gasteiger partial charge in [-0.3, -0.25) is 0 Å². The summed E-state index contributed by atoms with van der Waals surface area (Å²) in [6.07, 6.45) is 0. The molecule has 296 valence electrons. The van der Waals surface area contributed by atoms with Crippen LogP contribution in [0.25, 0.3) is 88.3 Å². The minimum absolute atomic E-state index is 0.437. The van der Waals surface area contributed by atoms with Gasteiger partial charge in [0, 0.05) is 16.8 Å². The summed E-state index contributed by atoms with van der Waals surface area (Å²) >= 11 is 0. The highest BCUT2D eigenvalue weighted by Gasteiger charge is 2.51. The van der Waals surface area contributed by atoms with Crippen LogP contribution in [-0.4, -0.2) is 0 Å². The van der Waals surface area contributed by atoms with Crippen LogP contribution in [0.3, 0.4) is 0 Å². The normalized spacial score (nSPS) is 13.1. The molecule has 3 aliphatic carbocycles. The van der Waals surface area contributed by atoms with Gasteiger partial charge in [0.1, 0.15) is 0 Å². The van der Waals surface area contributed by atoms with Crippen LogP contribution in [-0.2, 0) is 5.41 Å². The van der Waals surface area contributed by atoms with E-state index in [1.165, 1.54) is 111 Å². The minimum atomic E-state index is -0.437. The zero-order valence-corrected chi connectivity index (χ0v) is 35.0. The van der Waals surface area contributed by atoms with Crippen LogP contribution in [0.2, 0.25) is 0 Å². The lowest BCUT2D eigenvalue weighted by molar-refractivity contribution is 0.793. The van der Waals surface area contributed by atoms with Crippen molar-refractivity contribution in [2.45, 2.75) is 5.41 Å². The van der Waals surface area contributed by atoms with Crippen LogP contribution in [0.5, 0.6) is 0 Å². The first kappa shape index (κ1) is 35.3. The molecule has 1 spiro atoms. The van der Waals surface area contributed by atoms with Crippen molar-refractivity contribution in [1.29, 1.82) is 0 Å². The van der Waals surface area contributed by atoms with Gasteiger partial charge >= 0.3 is 0 Å². The Balaban J connectivity index is 0.967. The van der Waals surface area contributed by atoms with E-state index in [0.717, 1.165) is 17.1 Å². The average molecular weight is 810 g/mol. The smallest absolute Gasteiger partial charge is 0.0726 e. The fraction of sp³-hybridized carbons (Fsp3) is 0.0159. The minimum Gasteiger partial charge on any atom is -0.310 e. The number of hydrogen-bond donors (Lipinski definition) is 0. The van der Waals surface area contributed by atoms with Crippen molar-refractivity contribution < 1.29 is 0 Å². The molecule has 0 aliphatic heterocycles. The maximum absolute atomic E-state index is 2.50. The van der Waals surface area contributed by atoms with E-state index in [0.29, 0.717) is 0 Å². The molecular weight excluding hydrogens is 771 g/mol. The summed E-state index contributed by atoms with van der Waals surface area (Å²) in [6, 6.07) is 88.3. The van der Waals surface area contributed by atoms with Crippen LogP contribution in [0, 0.1) is 0 Å². The highest BCUT2D eigenvalue weighted by atomic mass is 15.1. The Morgan fingerprint density at radius 1 is 0.250 bits per heavy atom. The van der Waals surface area contributed by atoms with E-state index in [1.54, 1.807) is 0 Å². The summed E-state index contributed by atoms with van der Waals surface area (Å²) in [4.78, 5) is 2.50. The third-order valence-electron chi connectivity index (χ3n) is 14.4. The molecule has 0 unspecified atom stereocenters. The zero-order valence-electron chi connectivity index (χ0n) is 35.0. The largest absolute Gasteiger partial charge is 0.310 e. The van der Waals surface area contributed by atoms with E-state index in [-0.39, 0.29) is 0 Å².